The van der Waals surface area contributed by atoms with Gasteiger partial charge in [-0.1, -0.05) is 62.0 Å². The maximum Gasteiger partial charge on any atom is 0.227 e. The van der Waals surface area contributed by atoms with Crippen molar-refractivity contribution in [1.29, 1.82) is 0 Å². The van der Waals surface area contributed by atoms with Crippen LogP contribution in [0.15, 0.2) is 67.4 Å². The van der Waals surface area contributed by atoms with Crippen molar-refractivity contribution < 1.29 is 9.59 Å². The number of hydrogen-bond acceptors (Lipinski definition) is 2. The second-order valence-corrected chi connectivity index (χ2v) is 5.03. The summed E-state index contributed by atoms with van der Waals surface area (Å²) in [7, 11) is 0. The van der Waals surface area contributed by atoms with E-state index < -0.39 is 5.78 Å². The minimum Gasteiger partial charge on any atom is -0.342 e. The van der Waals surface area contributed by atoms with Gasteiger partial charge >= 0.3 is 0 Å². The molecule has 0 amide bonds. The van der Waals surface area contributed by atoms with Crippen molar-refractivity contribution in [2.45, 2.75) is 14.0 Å². The van der Waals surface area contributed by atoms with E-state index in [1.54, 1.807) is 12.3 Å². The van der Waals surface area contributed by atoms with Crippen LogP contribution in [0, 0.1) is 0 Å². The molecule has 3 nitrogen and oxygen atoms in total. The molecule has 2 aromatic carbocycles. The number of nitrogens with zero attached hydrogens (tertiary/aromatic N) is 1. The first-order valence-corrected chi connectivity index (χ1v) is 7.04. The number of aromatic nitrogens is 1. The van der Waals surface area contributed by atoms with Gasteiger partial charge in [0.2, 0.25) is 5.78 Å². The van der Waals surface area contributed by atoms with Gasteiger partial charge in [-0.2, -0.15) is 0 Å². The van der Waals surface area contributed by atoms with Gasteiger partial charge in [-0.15, -0.1) is 6.58 Å². The third-order valence-corrected chi connectivity index (χ3v) is 3.68. The predicted molar refractivity (Wildman–Crippen MR) is 94.7 cm³/mol. The Morgan fingerprint density at radius 1 is 1.09 bits per heavy atom. The normalized spacial score (nSPS) is 10.1. The summed E-state index contributed by atoms with van der Waals surface area (Å²) in [6.07, 6.45) is 3.87. The van der Waals surface area contributed by atoms with Crippen LogP contribution in [0.1, 0.15) is 17.8 Å². The molecule has 1 aromatic heterocycles. The van der Waals surface area contributed by atoms with E-state index in [0.29, 0.717) is 18.4 Å². The highest BCUT2D eigenvalue weighted by atomic mass is 16.2. The molecule has 0 radical (unpaired) electrons. The molecule has 0 bridgehead atoms. The molecule has 0 atom stereocenters. The molecule has 3 aromatic rings. The van der Waals surface area contributed by atoms with Crippen LogP contribution in [-0.4, -0.2) is 16.6 Å². The molecule has 3 heteroatoms. The van der Waals surface area contributed by atoms with Crippen LogP contribution in [0.25, 0.3) is 22.0 Å². The van der Waals surface area contributed by atoms with E-state index in [1.165, 1.54) is 0 Å². The number of carbonyl (C=O) groups is 2. The third-order valence-electron chi connectivity index (χ3n) is 3.68. The molecule has 0 aliphatic carbocycles. The molecule has 1 heterocycles. The first kappa shape index (κ1) is 16.4. The van der Waals surface area contributed by atoms with Gasteiger partial charge in [0.25, 0.3) is 0 Å². The number of ketones is 1. The van der Waals surface area contributed by atoms with Gasteiger partial charge in [-0.25, -0.2) is 0 Å². The molecule has 0 aliphatic heterocycles. The van der Waals surface area contributed by atoms with Gasteiger partial charge < -0.3 is 4.57 Å². The number of rotatable bonds is 5. The largest absolute Gasteiger partial charge is 0.342 e. The van der Waals surface area contributed by atoms with Gasteiger partial charge in [0.15, 0.2) is 6.29 Å². The molecular weight excluding hydrogens is 286 g/mol. The summed E-state index contributed by atoms with van der Waals surface area (Å²) in [6.45, 7) is 4.34. The molecule has 0 saturated carbocycles. The second-order valence-electron chi connectivity index (χ2n) is 5.03. The van der Waals surface area contributed by atoms with Gasteiger partial charge in [-0.3, -0.25) is 9.59 Å². The fourth-order valence-electron chi connectivity index (χ4n) is 2.75. The van der Waals surface area contributed by atoms with E-state index in [0.717, 1.165) is 22.0 Å². The quantitative estimate of drug-likeness (QED) is 0.301. The Morgan fingerprint density at radius 2 is 1.83 bits per heavy atom. The molecular formula is C20H19NO2. The average Bonchev–Trinajstić information content (AvgIpc) is 2.94. The van der Waals surface area contributed by atoms with Crippen molar-refractivity contribution in [2.75, 3.05) is 0 Å². The number of fused-ring (bicyclic) bond motifs is 1. The maximum atomic E-state index is 11.9. The number of hydrogen-bond donors (Lipinski definition) is 0. The van der Waals surface area contributed by atoms with Crippen molar-refractivity contribution in [3.05, 3.63) is 72.9 Å². The fourth-order valence-corrected chi connectivity index (χ4v) is 2.75. The van der Waals surface area contributed by atoms with E-state index in [4.69, 9.17) is 0 Å². The monoisotopic (exact) mass is 305 g/mol. The summed E-state index contributed by atoms with van der Waals surface area (Å²) in [4.78, 5) is 22.8. The molecule has 0 spiro atoms. The molecule has 0 unspecified atom stereocenters. The van der Waals surface area contributed by atoms with Crippen molar-refractivity contribution in [3.63, 3.8) is 0 Å². The third kappa shape index (κ3) is 2.86. The van der Waals surface area contributed by atoms with E-state index in [2.05, 4.69) is 6.58 Å². The number of aldehydes is 1. The van der Waals surface area contributed by atoms with Crippen molar-refractivity contribution in [3.8, 4) is 11.1 Å². The molecule has 0 N–H and O–H groups in total. The molecule has 0 fully saturated rings. The molecule has 3 rings (SSSR count). The first-order valence-electron chi connectivity index (χ1n) is 7.04. The Kier molecular flexibility index (Phi) is 4.91. The molecule has 23 heavy (non-hydrogen) atoms. The lowest BCUT2D eigenvalue weighted by molar-refractivity contribution is -0.104. The number of carbonyl (C=O) groups excluding carboxylic acids is 2. The van der Waals surface area contributed by atoms with E-state index in [1.807, 2.05) is 53.1 Å². The average molecular weight is 305 g/mol. The van der Waals surface area contributed by atoms with Crippen LogP contribution in [0.2, 0.25) is 0 Å². The van der Waals surface area contributed by atoms with Gasteiger partial charge in [0.05, 0.1) is 11.1 Å². The Labute approximate surface area is 135 Å². The van der Waals surface area contributed by atoms with Crippen LogP contribution in [0.4, 0.5) is 0 Å². The van der Waals surface area contributed by atoms with Crippen LogP contribution in [0.5, 0.6) is 0 Å². The lowest BCUT2D eigenvalue weighted by atomic mass is 10.0. The lowest BCUT2D eigenvalue weighted by Crippen LogP contribution is -1.98. The Morgan fingerprint density at radius 3 is 2.48 bits per heavy atom. The topological polar surface area (TPSA) is 39.1 Å². The first-order chi connectivity index (χ1) is 10.8. The summed E-state index contributed by atoms with van der Waals surface area (Å²) in [5.74, 6) is -0.502. The van der Waals surface area contributed by atoms with E-state index in [9.17, 15) is 9.59 Å². The van der Waals surface area contributed by atoms with Crippen LogP contribution in [-0.2, 0) is 11.3 Å². The predicted octanol–water partition coefficient (Wildman–Crippen LogP) is 4.51. The van der Waals surface area contributed by atoms with Crippen LogP contribution < -0.4 is 0 Å². The number of allylic oxidation sites excluding steroid dienone is 1. The second kappa shape index (κ2) is 6.88. The zero-order valence-corrected chi connectivity index (χ0v) is 12.0. The van der Waals surface area contributed by atoms with Gasteiger partial charge in [0.1, 0.15) is 0 Å². The summed E-state index contributed by atoms with van der Waals surface area (Å²) in [6, 6.07) is 15.8. The van der Waals surface area contributed by atoms with Gasteiger partial charge in [-0.05, 0) is 5.56 Å². The number of benzene rings is 2. The highest BCUT2D eigenvalue weighted by Gasteiger charge is 2.16. The SMILES string of the molecule is C.C=CCn1cc(C(=O)C=O)c2cccc(-c3ccccc3)c21. The van der Waals surface area contributed by atoms with E-state index in [-0.39, 0.29) is 7.43 Å². The molecule has 0 saturated heterocycles. The zero-order chi connectivity index (χ0) is 15.5. The Bertz CT molecular complexity index is 860. The number of para-hydroxylation sites is 1. The summed E-state index contributed by atoms with van der Waals surface area (Å²) >= 11 is 0. The smallest absolute Gasteiger partial charge is 0.227 e. The summed E-state index contributed by atoms with van der Waals surface area (Å²) in [5, 5.41) is 0.792. The number of Topliss-reactive ketones (excluding diaryl/α,β-unsaturated/α-hetero) is 1. The van der Waals surface area contributed by atoms with Crippen molar-refractivity contribution in [1.82, 2.24) is 4.57 Å². The highest BCUT2D eigenvalue weighted by Crippen LogP contribution is 2.32. The Balaban J connectivity index is 0.00000192. The Hall–Kier alpha value is -2.94. The lowest BCUT2D eigenvalue weighted by Gasteiger charge is -2.08. The van der Waals surface area contributed by atoms with Crippen molar-refractivity contribution >= 4 is 23.0 Å². The van der Waals surface area contributed by atoms with Gasteiger partial charge in [0, 0.05) is 23.7 Å². The maximum absolute atomic E-state index is 11.9. The van der Waals surface area contributed by atoms with Crippen LogP contribution >= 0.6 is 0 Å². The van der Waals surface area contributed by atoms with E-state index >= 15 is 0 Å². The molecule has 0 aliphatic rings. The highest BCUT2D eigenvalue weighted by molar-refractivity contribution is 6.36. The minimum atomic E-state index is -0.502. The van der Waals surface area contributed by atoms with Crippen molar-refractivity contribution in [2.24, 2.45) is 0 Å². The molecule has 116 valence electrons. The summed E-state index contributed by atoms with van der Waals surface area (Å²) in [5.41, 5.74) is 3.48. The fraction of sp³-hybridized carbons (Fsp3) is 0.100. The summed E-state index contributed by atoms with van der Waals surface area (Å²) < 4.78 is 1.96. The zero-order valence-electron chi connectivity index (χ0n) is 12.0. The van der Waals surface area contributed by atoms with Crippen LogP contribution in [0.3, 0.4) is 0 Å². The minimum absolute atomic E-state index is 0. The standard InChI is InChI=1S/C19H15NO2.CH4/c1-2-11-20-12-17(18(22)13-21)16-10-6-9-15(19(16)20)14-7-4-3-5-8-14;/h2-10,12-13H,1,11H2;1H4.